The van der Waals surface area contributed by atoms with E-state index in [-0.39, 0.29) is 5.91 Å². The van der Waals surface area contributed by atoms with Gasteiger partial charge in [-0.25, -0.2) is 0 Å². The fraction of sp³-hybridized carbons (Fsp3) is 0.0588. The number of anilines is 2. The summed E-state index contributed by atoms with van der Waals surface area (Å²) in [5.41, 5.74) is 1.63. The highest BCUT2D eigenvalue weighted by Gasteiger charge is 2.06. The molecule has 1 amide bonds. The third kappa shape index (κ3) is 4.10. The zero-order valence-electron chi connectivity index (χ0n) is 12.3. The van der Waals surface area contributed by atoms with E-state index in [1.807, 2.05) is 30.3 Å². The molecule has 6 heteroatoms. The van der Waals surface area contributed by atoms with E-state index >= 15 is 0 Å². The molecular weight excluding hydrogens is 290 g/mol. The number of benzene rings is 1. The van der Waals surface area contributed by atoms with Crippen LogP contribution in [0.5, 0.6) is 0 Å². The van der Waals surface area contributed by atoms with Gasteiger partial charge in [-0.15, -0.1) is 10.2 Å². The number of amides is 1. The molecule has 0 spiro atoms. The van der Waals surface area contributed by atoms with Crippen molar-refractivity contribution < 1.29 is 4.79 Å². The lowest BCUT2D eigenvalue weighted by Gasteiger charge is -2.06. The Hall–Kier alpha value is -3.28. The molecule has 114 valence electrons. The molecule has 6 nitrogen and oxygen atoms in total. The molecule has 0 unspecified atom stereocenters. The van der Waals surface area contributed by atoms with E-state index in [0.717, 1.165) is 5.56 Å². The van der Waals surface area contributed by atoms with Crippen LogP contribution in [-0.4, -0.2) is 21.1 Å². The zero-order chi connectivity index (χ0) is 15.9. The molecule has 0 saturated carbocycles. The van der Waals surface area contributed by atoms with Gasteiger partial charge in [-0.05, 0) is 29.8 Å². The summed E-state index contributed by atoms with van der Waals surface area (Å²) in [6.07, 6.45) is 3.11. The summed E-state index contributed by atoms with van der Waals surface area (Å²) in [6, 6.07) is 16.9. The molecule has 0 aliphatic rings. The van der Waals surface area contributed by atoms with Crippen molar-refractivity contribution >= 4 is 17.5 Å². The van der Waals surface area contributed by atoms with Crippen LogP contribution in [0.2, 0.25) is 0 Å². The highest BCUT2D eigenvalue weighted by molar-refractivity contribution is 6.03. The van der Waals surface area contributed by atoms with Gasteiger partial charge in [-0.3, -0.25) is 9.78 Å². The zero-order valence-corrected chi connectivity index (χ0v) is 12.3. The molecule has 23 heavy (non-hydrogen) atoms. The van der Waals surface area contributed by atoms with Crippen molar-refractivity contribution in [1.29, 1.82) is 0 Å². The van der Waals surface area contributed by atoms with E-state index in [4.69, 9.17) is 0 Å². The van der Waals surface area contributed by atoms with Gasteiger partial charge in [0.25, 0.3) is 5.91 Å². The summed E-state index contributed by atoms with van der Waals surface area (Å²) in [6.45, 7) is 0.664. The number of carbonyl (C=O) groups is 1. The standard InChI is InChI=1S/C17H15N5O/c23-17(14-7-4-10-18-12-14)20-16-9-8-15(21-22-16)19-11-13-5-2-1-3-6-13/h1-10,12H,11H2,(H,19,21)(H,20,22,23). The Kier molecular flexibility index (Phi) is 4.54. The fourth-order valence-corrected chi connectivity index (χ4v) is 1.97. The highest BCUT2D eigenvalue weighted by Crippen LogP contribution is 2.09. The van der Waals surface area contributed by atoms with E-state index < -0.39 is 0 Å². The van der Waals surface area contributed by atoms with E-state index in [1.165, 1.54) is 6.20 Å². The molecule has 2 aromatic heterocycles. The predicted octanol–water partition coefficient (Wildman–Crippen LogP) is 2.74. The lowest BCUT2D eigenvalue weighted by atomic mass is 10.2. The second-order valence-corrected chi connectivity index (χ2v) is 4.84. The number of rotatable bonds is 5. The third-order valence-corrected chi connectivity index (χ3v) is 3.15. The van der Waals surface area contributed by atoms with Gasteiger partial charge in [-0.2, -0.15) is 0 Å². The molecule has 0 aliphatic heterocycles. The van der Waals surface area contributed by atoms with Crippen molar-refractivity contribution in [2.75, 3.05) is 10.6 Å². The number of carbonyl (C=O) groups excluding carboxylic acids is 1. The smallest absolute Gasteiger partial charge is 0.258 e. The van der Waals surface area contributed by atoms with E-state index in [2.05, 4.69) is 25.8 Å². The largest absolute Gasteiger partial charge is 0.365 e. The molecule has 3 aromatic rings. The normalized spacial score (nSPS) is 10.1. The Morgan fingerprint density at radius 3 is 2.39 bits per heavy atom. The molecule has 2 N–H and O–H groups in total. The van der Waals surface area contributed by atoms with Crippen LogP contribution in [0.1, 0.15) is 15.9 Å². The maximum atomic E-state index is 12.0. The van der Waals surface area contributed by atoms with E-state index in [1.54, 1.807) is 30.5 Å². The Morgan fingerprint density at radius 2 is 1.70 bits per heavy atom. The quantitative estimate of drug-likeness (QED) is 0.757. The average molecular weight is 305 g/mol. The molecule has 0 radical (unpaired) electrons. The predicted molar refractivity (Wildman–Crippen MR) is 88.0 cm³/mol. The Balaban J connectivity index is 1.58. The van der Waals surface area contributed by atoms with Gasteiger partial charge in [-0.1, -0.05) is 30.3 Å². The molecule has 0 saturated heterocycles. The molecule has 2 heterocycles. The first kappa shape index (κ1) is 14.6. The van der Waals surface area contributed by atoms with Crippen molar-refractivity contribution in [2.45, 2.75) is 6.54 Å². The summed E-state index contributed by atoms with van der Waals surface area (Å²) < 4.78 is 0. The van der Waals surface area contributed by atoms with E-state index in [0.29, 0.717) is 23.7 Å². The minimum Gasteiger partial charge on any atom is -0.365 e. The third-order valence-electron chi connectivity index (χ3n) is 3.15. The van der Waals surface area contributed by atoms with Gasteiger partial charge >= 0.3 is 0 Å². The topological polar surface area (TPSA) is 79.8 Å². The molecule has 0 fully saturated rings. The van der Waals surface area contributed by atoms with Crippen LogP contribution in [0, 0.1) is 0 Å². The van der Waals surface area contributed by atoms with Crippen LogP contribution >= 0.6 is 0 Å². The van der Waals surface area contributed by atoms with Crippen LogP contribution in [-0.2, 0) is 6.54 Å². The molecule has 0 aliphatic carbocycles. The number of nitrogens with zero attached hydrogens (tertiary/aromatic N) is 3. The minimum atomic E-state index is -0.266. The van der Waals surface area contributed by atoms with Gasteiger partial charge in [0.15, 0.2) is 5.82 Å². The average Bonchev–Trinajstić information content (AvgIpc) is 2.63. The molecule has 3 rings (SSSR count). The Bertz CT molecular complexity index is 760. The van der Waals surface area contributed by atoms with Crippen molar-refractivity contribution in [3.63, 3.8) is 0 Å². The van der Waals surface area contributed by atoms with Gasteiger partial charge in [0.2, 0.25) is 0 Å². The van der Waals surface area contributed by atoms with Crippen LogP contribution in [0.4, 0.5) is 11.6 Å². The second-order valence-electron chi connectivity index (χ2n) is 4.84. The highest BCUT2D eigenvalue weighted by atomic mass is 16.1. The van der Waals surface area contributed by atoms with Crippen molar-refractivity contribution in [2.24, 2.45) is 0 Å². The van der Waals surface area contributed by atoms with Crippen LogP contribution in [0.3, 0.4) is 0 Å². The number of hydrogen-bond donors (Lipinski definition) is 2. The fourth-order valence-electron chi connectivity index (χ4n) is 1.97. The summed E-state index contributed by atoms with van der Waals surface area (Å²) in [4.78, 5) is 15.9. The van der Waals surface area contributed by atoms with Gasteiger partial charge in [0.1, 0.15) is 5.82 Å². The molecule has 1 aromatic carbocycles. The van der Waals surface area contributed by atoms with Gasteiger partial charge in [0.05, 0.1) is 5.56 Å². The number of hydrogen-bond acceptors (Lipinski definition) is 5. The monoisotopic (exact) mass is 305 g/mol. The van der Waals surface area contributed by atoms with Crippen molar-refractivity contribution in [3.05, 3.63) is 78.1 Å². The van der Waals surface area contributed by atoms with Crippen LogP contribution < -0.4 is 10.6 Å². The molecule has 0 bridgehead atoms. The maximum Gasteiger partial charge on any atom is 0.258 e. The lowest BCUT2D eigenvalue weighted by Crippen LogP contribution is -2.13. The number of pyridine rings is 1. The van der Waals surface area contributed by atoms with E-state index in [9.17, 15) is 4.79 Å². The van der Waals surface area contributed by atoms with Crippen molar-refractivity contribution in [1.82, 2.24) is 15.2 Å². The summed E-state index contributed by atoms with van der Waals surface area (Å²) >= 11 is 0. The second kappa shape index (κ2) is 7.13. The van der Waals surface area contributed by atoms with Crippen LogP contribution in [0.25, 0.3) is 0 Å². The van der Waals surface area contributed by atoms with Crippen LogP contribution in [0.15, 0.2) is 67.0 Å². The SMILES string of the molecule is O=C(Nc1ccc(NCc2ccccc2)nn1)c1cccnc1. The lowest BCUT2D eigenvalue weighted by molar-refractivity contribution is 0.102. The Morgan fingerprint density at radius 1 is 0.913 bits per heavy atom. The van der Waals surface area contributed by atoms with Gasteiger partial charge < -0.3 is 10.6 Å². The molecule has 0 atom stereocenters. The number of nitrogens with one attached hydrogen (secondary N) is 2. The minimum absolute atomic E-state index is 0.266. The summed E-state index contributed by atoms with van der Waals surface area (Å²) in [7, 11) is 0. The summed E-state index contributed by atoms with van der Waals surface area (Å²) in [5.74, 6) is 0.773. The van der Waals surface area contributed by atoms with Gasteiger partial charge in [0, 0.05) is 18.9 Å². The first-order valence-electron chi connectivity index (χ1n) is 7.14. The Labute approximate surface area is 133 Å². The first-order valence-corrected chi connectivity index (χ1v) is 7.14. The number of aromatic nitrogens is 3. The van der Waals surface area contributed by atoms with Crippen molar-refractivity contribution in [3.8, 4) is 0 Å². The summed E-state index contributed by atoms with van der Waals surface area (Å²) in [5, 5.41) is 13.9. The first-order chi connectivity index (χ1) is 11.3. The maximum absolute atomic E-state index is 12.0. The molecular formula is C17H15N5O.